The molecular formula is C27H25NO7. The van der Waals surface area contributed by atoms with Gasteiger partial charge < -0.3 is 28.5 Å². The van der Waals surface area contributed by atoms with Crippen molar-refractivity contribution in [3.63, 3.8) is 0 Å². The van der Waals surface area contributed by atoms with Crippen LogP contribution in [0.25, 0.3) is 11.5 Å². The first-order valence-electron chi connectivity index (χ1n) is 10.8. The maximum atomic E-state index is 11.7. The number of carboxylic acids is 1. The molecule has 0 saturated carbocycles. The van der Waals surface area contributed by atoms with Crippen LogP contribution in [0.1, 0.15) is 27.4 Å². The molecule has 1 aromatic heterocycles. The van der Waals surface area contributed by atoms with Crippen LogP contribution in [0.15, 0.2) is 71.1 Å². The van der Waals surface area contributed by atoms with Gasteiger partial charge in [0, 0.05) is 17.7 Å². The molecule has 0 saturated heterocycles. The summed E-state index contributed by atoms with van der Waals surface area (Å²) in [5.74, 6) is 1.53. The number of aromatic nitrogens is 1. The Labute approximate surface area is 202 Å². The lowest BCUT2D eigenvalue weighted by Gasteiger charge is -2.14. The van der Waals surface area contributed by atoms with Gasteiger partial charge in [0.25, 0.3) is 0 Å². The lowest BCUT2D eigenvalue weighted by molar-refractivity contribution is 0.0687. The molecule has 1 N–H and O–H groups in total. The first-order chi connectivity index (χ1) is 17.0. The van der Waals surface area contributed by atoms with Crippen molar-refractivity contribution >= 4 is 5.97 Å². The van der Waals surface area contributed by atoms with Gasteiger partial charge in [0.15, 0.2) is 0 Å². The molecule has 8 nitrogen and oxygen atoms in total. The number of aryl methyl sites for hydroxylation is 1. The van der Waals surface area contributed by atoms with E-state index < -0.39 is 5.97 Å². The third kappa shape index (κ3) is 5.55. The molecule has 0 bridgehead atoms. The Kier molecular flexibility index (Phi) is 7.21. The number of carbonyl (C=O) groups is 1. The Bertz CT molecular complexity index is 1300. The number of methoxy groups -OCH3 is 2. The van der Waals surface area contributed by atoms with E-state index in [1.807, 2.05) is 61.5 Å². The molecule has 35 heavy (non-hydrogen) atoms. The number of benzene rings is 3. The molecule has 180 valence electrons. The van der Waals surface area contributed by atoms with Crippen LogP contribution in [0.4, 0.5) is 0 Å². The topological polar surface area (TPSA) is 100 Å². The van der Waals surface area contributed by atoms with Crippen LogP contribution in [-0.2, 0) is 13.2 Å². The highest BCUT2D eigenvalue weighted by atomic mass is 16.5. The molecule has 0 unspecified atom stereocenters. The summed E-state index contributed by atoms with van der Waals surface area (Å²) in [7, 11) is 2.88. The van der Waals surface area contributed by atoms with E-state index in [1.54, 1.807) is 0 Å². The van der Waals surface area contributed by atoms with Gasteiger partial charge in [0.2, 0.25) is 5.89 Å². The van der Waals surface area contributed by atoms with Gasteiger partial charge in [-0.3, -0.25) is 0 Å². The van der Waals surface area contributed by atoms with E-state index in [9.17, 15) is 9.90 Å². The van der Waals surface area contributed by atoms with E-state index in [0.717, 1.165) is 16.8 Å². The molecule has 0 amide bonds. The van der Waals surface area contributed by atoms with Crippen molar-refractivity contribution in [3.05, 3.63) is 89.3 Å². The first-order valence-corrected chi connectivity index (χ1v) is 10.8. The molecule has 0 atom stereocenters. The van der Waals surface area contributed by atoms with Gasteiger partial charge >= 0.3 is 5.97 Å². The second kappa shape index (κ2) is 10.6. The van der Waals surface area contributed by atoms with Crippen molar-refractivity contribution in [3.8, 4) is 34.5 Å². The van der Waals surface area contributed by atoms with E-state index in [1.165, 1.54) is 26.4 Å². The summed E-state index contributed by atoms with van der Waals surface area (Å²) < 4.78 is 27.9. The van der Waals surface area contributed by atoms with Gasteiger partial charge in [-0.15, -0.1) is 0 Å². The van der Waals surface area contributed by atoms with Gasteiger partial charge in [-0.1, -0.05) is 30.3 Å². The standard InChI is InChI=1S/C27H25NO7/c1-17-22(28-26(35-17)19-7-5-4-6-8-19)16-33-20-11-9-18(10-12-20)15-34-24-14-21(31-2)13-23(32-3)25(24)27(29)30/h4-14H,15-16H2,1-3H3,(H,29,30). The molecule has 0 spiro atoms. The second-order valence-electron chi connectivity index (χ2n) is 7.62. The van der Waals surface area contributed by atoms with Gasteiger partial charge in [-0.2, -0.15) is 0 Å². The van der Waals surface area contributed by atoms with Crippen molar-refractivity contribution in [2.24, 2.45) is 0 Å². The summed E-state index contributed by atoms with van der Waals surface area (Å²) in [5.41, 5.74) is 2.40. The van der Waals surface area contributed by atoms with Crippen molar-refractivity contribution in [1.82, 2.24) is 4.98 Å². The van der Waals surface area contributed by atoms with Gasteiger partial charge in [0.1, 0.15) is 53.2 Å². The molecule has 0 aliphatic carbocycles. The monoisotopic (exact) mass is 475 g/mol. The fourth-order valence-corrected chi connectivity index (χ4v) is 3.43. The zero-order chi connectivity index (χ0) is 24.8. The summed E-state index contributed by atoms with van der Waals surface area (Å²) >= 11 is 0. The molecule has 0 radical (unpaired) electrons. The molecule has 0 aliphatic rings. The first kappa shape index (κ1) is 23.7. The van der Waals surface area contributed by atoms with E-state index in [-0.39, 0.29) is 30.3 Å². The minimum absolute atomic E-state index is 0.0638. The highest BCUT2D eigenvalue weighted by Crippen LogP contribution is 2.34. The molecule has 0 fully saturated rings. The summed E-state index contributed by atoms with van der Waals surface area (Å²) in [5, 5.41) is 9.58. The zero-order valence-electron chi connectivity index (χ0n) is 19.6. The van der Waals surface area contributed by atoms with E-state index in [2.05, 4.69) is 4.98 Å². The summed E-state index contributed by atoms with van der Waals surface area (Å²) in [4.78, 5) is 16.3. The molecule has 8 heteroatoms. The number of rotatable bonds is 10. The quantitative estimate of drug-likeness (QED) is 0.320. The minimum atomic E-state index is -1.15. The van der Waals surface area contributed by atoms with E-state index in [0.29, 0.717) is 23.1 Å². The van der Waals surface area contributed by atoms with Crippen molar-refractivity contribution in [2.45, 2.75) is 20.1 Å². The second-order valence-corrected chi connectivity index (χ2v) is 7.62. The van der Waals surface area contributed by atoms with Crippen LogP contribution in [0.3, 0.4) is 0 Å². The number of oxazole rings is 1. The summed E-state index contributed by atoms with van der Waals surface area (Å²) in [6, 6.07) is 20.0. The minimum Gasteiger partial charge on any atom is -0.496 e. The normalized spacial score (nSPS) is 10.6. The van der Waals surface area contributed by atoms with E-state index >= 15 is 0 Å². The molecule has 3 aromatic carbocycles. The maximum Gasteiger partial charge on any atom is 0.343 e. The maximum absolute atomic E-state index is 11.7. The fourth-order valence-electron chi connectivity index (χ4n) is 3.43. The third-order valence-corrected chi connectivity index (χ3v) is 5.32. The highest BCUT2D eigenvalue weighted by Gasteiger charge is 2.20. The number of ether oxygens (including phenoxy) is 4. The van der Waals surface area contributed by atoms with Gasteiger partial charge in [0.05, 0.1) is 14.2 Å². The van der Waals surface area contributed by atoms with Crippen molar-refractivity contribution in [1.29, 1.82) is 0 Å². The number of aromatic carboxylic acids is 1. The Hall–Kier alpha value is -4.46. The molecular weight excluding hydrogens is 450 g/mol. The SMILES string of the molecule is COc1cc(OC)c(C(=O)O)c(OCc2ccc(OCc3nc(-c4ccccc4)oc3C)cc2)c1. The molecule has 4 rings (SSSR count). The Morgan fingerprint density at radius 2 is 1.60 bits per heavy atom. The summed E-state index contributed by atoms with van der Waals surface area (Å²) in [6.07, 6.45) is 0. The van der Waals surface area contributed by atoms with Gasteiger partial charge in [-0.05, 0) is 36.8 Å². The fraction of sp³-hybridized carbons (Fsp3) is 0.185. The Morgan fingerprint density at radius 1 is 0.886 bits per heavy atom. The van der Waals surface area contributed by atoms with Gasteiger partial charge in [-0.25, -0.2) is 9.78 Å². The lowest BCUT2D eigenvalue weighted by Crippen LogP contribution is -2.06. The van der Waals surface area contributed by atoms with Crippen LogP contribution in [0.5, 0.6) is 23.0 Å². The van der Waals surface area contributed by atoms with Crippen LogP contribution >= 0.6 is 0 Å². The number of carboxylic acid groups (broad SMARTS) is 1. The Balaban J connectivity index is 1.40. The van der Waals surface area contributed by atoms with Crippen LogP contribution in [0, 0.1) is 6.92 Å². The van der Waals surface area contributed by atoms with Crippen LogP contribution in [-0.4, -0.2) is 30.3 Å². The molecule has 1 heterocycles. The van der Waals surface area contributed by atoms with E-state index in [4.69, 9.17) is 23.4 Å². The number of hydrogen-bond acceptors (Lipinski definition) is 7. The average molecular weight is 475 g/mol. The average Bonchev–Trinajstić information content (AvgIpc) is 3.26. The zero-order valence-corrected chi connectivity index (χ0v) is 19.6. The predicted molar refractivity (Wildman–Crippen MR) is 128 cm³/mol. The molecule has 4 aromatic rings. The number of hydrogen-bond donors (Lipinski definition) is 1. The Morgan fingerprint density at radius 3 is 2.26 bits per heavy atom. The third-order valence-electron chi connectivity index (χ3n) is 5.32. The summed E-state index contributed by atoms with van der Waals surface area (Å²) in [6.45, 7) is 2.28. The van der Waals surface area contributed by atoms with Crippen LogP contribution in [0.2, 0.25) is 0 Å². The largest absolute Gasteiger partial charge is 0.496 e. The van der Waals surface area contributed by atoms with Crippen molar-refractivity contribution in [2.75, 3.05) is 14.2 Å². The van der Waals surface area contributed by atoms with Crippen LogP contribution < -0.4 is 18.9 Å². The molecule has 0 aliphatic heterocycles. The smallest absolute Gasteiger partial charge is 0.343 e. The van der Waals surface area contributed by atoms with Crippen molar-refractivity contribution < 1.29 is 33.3 Å². The number of nitrogens with zero attached hydrogens (tertiary/aromatic N) is 1. The highest BCUT2D eigenvalue weighted by molar-refractivity contribution is 5.94. The lowest BCUT2D eigenvalue weighted by atomic mass is 10.1. The predicted octanol–water partition coefficient (Wildman–Crippen LogP) is 5.52.